The molecule has 0 saturated carbocycles. The Bertz CT molecular complexity index is 495. The van der Waals surface area contributed by atoms with Gasteiger partial charge in [-0.1, -0.05) is 40.2 Å². The average Bonchev–Trinajstić information content (AvgIpc) is 2.24. The van der Waals surface area contributed by atoms with Gasteiger partial charge in [0.25, 0.3) is 0 Å². The van der Waals surface area contributed by atoms with Crippen molar-refractivity contribution in [2.24, 2.45) is 0 Å². The van der Waals surface area contributed by atoms with E-state index < -0.39 is 0 Å². The Morgan fingerprint density at radius 3 is 2.64 bits per heavy atom. The number of halogens is 1. The maximum absolute atomic E-state index is 3.60. The fourth-order valence-corrected chi connectivity index (χ4v) is 2.61. The fraction of sp³-hybridized carbons (Fsp3) is 0.167. The summed E-state index contributed by atoms with van der Waals surface area (Å²) in [4.78, 5) is 0. The van der Waals surface area contributed by atoms with Gasteiger partial charge in [0.15, 0.2) is 0 Å². The van der Waals surface area contributed by atoms with E-state index in [1.807, 2.05) is 0 Å². The highest BCUT2D eigenvalue weighted by molar-refractivity contribution is 9.10. The van der Waals surface area contributed by atoms with Crippen LogP contribution in [0.4, 0.5) is 0 Å². The Balaban J connectivity index is 2.51. The highest BCUT2D eigenvalue weighted by Gasteiger charge is 2.12. The Morgan fingerprint density at radius 2 is 1.79 bits per heavy atom. The van der Waals surface area contributed by atoms with Crippen molar-refractivity contribution in [3.8, 4) is 0 Å². The van der Waals surface area contributed by atoms with Gasteiger partial charge in [0.1, 0.15) is 0 Å². The van der Waals surface area contributed by atoms with Crippen molar-refractivity contribution in [3.05, 3.63) is 45.9 Å². The maximum atomic E-state index is 3.60. The maximum Gasteiger partial charge on any atom is 0.0254 e. The summed E-state index contributed by atoms with van der Waals surface area (Å²) in [5.41, 5.74) is 2.81. The molecule has 1 nitrogen and oxygen atoms in total. The van der Waals surface area contributed by atoms with Crippen LogP contribution in [0.1, 0.15) is 11.1 Å². The molecular weight excluding hydrogens is 238 g/mol. The molecule has 2 aromatic rings. The zero-order valence-electron chi connectivity index (χ0n) is 7.68. The molecule has 0 aromatic heterocycles. The van der Waals surface area contributed by atoms with Crippen LogP contribution in [-0.2, 0) is 13.1 Å². The van der Waals surface area contributed by atoms with Gasteiger partial charge in [-0.25, -0.2) is 0 Å². The molecule has 0 aliphatic carbocycles. The van der Waals surface area contributed by atoms with Crippen molar-refractivity contribution in [1.82, 2.24) is 5.32 Å². The third kappa shape index (κ3) is 1.11. The Morgan fingerprint density at radius 1 is 1.00 bits per heavy atom. The number of nitrogens with one attached hydrogen (secondary N) is 1. The minimum absolute atomic E-state index is 0.987. The Hall–Kier alpha value is -0.860. The first kappa shape index (κ1) is 8.45. The first-order chi connectivity index (χ1) is 6.86. The van der Waals surface area contributed by atoms with Gasteiger partial charge in [-0.3, -0.25) is 0 Å². The van der Waals surface area contributed by atoms with E-state index in [9.17, 15) is 0 Å². The van der Waals surface area contributed by atoms with Crippen molar-refractivity contribution in [2.45, 2.75) is 13.1 Å². The number of rotatable bonds is 0. The van der Waals surface area contributed by atoms with E-state index in [0.29, 0.717) is 0 Å². The summed E-state index contributed by atoms with van der Waals surface area (Å²) >= 11 is 3.60. The largest absolute Gasteiger partial charge is 0.309 e. The second-order valence-corrected chi connectivity index (χ2v) is 4.50. The molecule has 2 aromatic carbocycles. The molecule has 70 valence electrons. The zero-order valence-corrected chi connectivity index (χ0v) is 9.26. The lowest BCUT2D eigenvalue weighted by atomic mass is 9.96. The molecular formula is C12H10BrN. The normalized spacial score (nSPS) is 14.6. The first-order valence-electron chi connectivity index (χ1n) is 4.76. The predicted octanol–water partition coefficient (Wildman–Crippen LogP) is 3.21. The molecule has 0 saturated heterocycles. The zero-order chi connectivity index (χ0) is 9.54. The van der Waals surface area contributed by atoms with Crippen LogP contribution in [0.25, 0.3) is 10.8 Å². The van der Waals surface area contributed by atoms with E-state index in [1.54, 1.807) is 0 Å². The van der Waals surface area contributed by atoms with E-state index >= 15 is 0 Å². The summed E-state index contributed by atoms with van der Waals surface area (Å²) in [7, 11) is 0. The summed E-state index contributed by atoms with van der Waals surface area (Å²) < 4.78 is 1.19. The second-order valence-electron chi connectivity index (χ2n) is 3.65. The average molecular weight is 248 g/mol. The van der Waals surface area contributed by atoms with Crippen LogP contribution in [-0.4, -0.2) is 0 Å². The van der Waals surface area contributed by atoms with Gasteiger partial charge in [-0.05, 0) is 28.0 Å². The van der Waals surface area contributed by atoms with Crippen LogP contribution in [0.3, 0.4) is 0 Å². The molecule has 14 heavy (non-hydrogen) atoms. The molecule has 1 N–H and O–H groups in total. The van der Waals surface area contributed by atoms with Crippen LogP contribution >= 0.6 is 15.9 Å². The van der Waals surface area contributed by atoms with E-state index in [-0.39, 0.29) is 0 Å². The number of benzene rings is 2. The van der Waals surface area contributed by atoms with Gasteiger partial charge in [0.2, 0.25) is 0 Å². The molecule has 1 aliphatic heterocycles. The summed E-state index contributed by atoms with van der Waals surface area (Å²) in [6.07, 6.45) is 0. The topological polar surface area (TPSA) is 12.0 Å². The summed E-state index contributed by atoms with van der Waals surface area (Å²) in [5.74, 6) is 0. The minimum atomic E-state index is 0.987. The quantitative estimate of drug-likeness (QED) is 0.754. The fourth-order valence-electron chi connectivity index (χ4n) is 2.15. The molecule has 0 atom stereocenters. The molecule has 0 fully saturated rings. The van der Waals surface area contributed by atoms with Gasteiger partial charge in [-0.15, -0.1) is 0 Å². The van der Waals surface area contributed by atoms with Crippen molar-refractivity contribution >= 4 is 26.7 Å². The lowest BCUT2D eigenvalue weighted by Gasteiger charge is -2.18. The Kier molecular flexibility index (Phi) is 1.85. The van der Waals surface area contributed by atoms with Gasteiger partial charge < -0.3 is 5.32 Å². The standard InChI is InChI=1S/C12H10BrN/c13-11-5-4-9-7-14-6-8-2-1-3-10(11)12(8)9/h1-5,14H,6-7H2. The Labute approximate surface area is 91.3 Å². The smallest absolute Gasteiger partial charge is 0.0254 e. The van der Waals surface area contributed by atoms with Crippen LogP contribution in [0.5, 0.6) is 0 Å². The summed E-state index contributed by atoms with van der Waals surface area (Å²) in [6.45, 7) is 1.97. The first-order valence-corrected chi connectivity index (χ1v) is 5.55. The van der Waals surface area contributed by atoms with Gasteiger partial charge in [0.05, 0.1) is 0 Å². The van der Waals surface area contributed by atoms with Crippen molar-refractivity contribution in [3.63, 3.8) is 0 Å². The molecule has 0 radical (unpaired) electrons. The highest BCUT2D eigenvalue weighted by Crippen LogP contribution is 2.31. The van der Waals surface area contributed by atoms with Crippen LogP contribution < -0.4 is 5.32 Å². The molecule has 0 bridgehead atoms. The van der Waals surface area contributed by atoms with Crippen molar-refractivity contribution in [2.75, 3.05) is 0 Å². The van der Waals surface area contributed by atoms with Crippen LogP contribution in [0.15, 0.2) is 34.8 Å². The SMILES string of the molecule is Brc1ccc2c3c(cccc13)CNC2. The number of hydrogen-bond donors (Lipinski definition) is 1. The van der Waals surface area contributed by atoms with E-state index in [0.717, 1.165) is 13.1 Å². The molecule has 1 heterocycles. The molecule has 0 unspecified atom stereocenters. The second kappa shape index (κ2) is 3.07. The van der Waals surface area contributed by atoms with Gasteiger partial charge in [0, 0.05) is 17.6 Å². The molecule has 1 aliphatic rings. The number of hydrogen-bond acceptors (Lipinski definition) is 1. The van der Waals surface area contributed by atoms with Gasteiger partial charge in [-0.2, -0.15) is 0 Å². The minimum Gasteiger partial charge on any atom is -0.309 e. The predicted molar refractivity (Wildman–Crippen MR) is 62.2 cm³/mol. The molecule has 3 rings (SSSR count). The monoisotopic (exact) mass is 247 g/mol. The van der Waals surface area contributed by atoms with E-state index in [2.05, 4.69) is 51.6 Å². The highest BCUT2D eigenvalue weighted by atomic mass is 79.9. The van der Waals surface area contributed by atoms with Crippen molar-refractivity contribution in [1.29, 1.82) is 0 Å². The molecule has 0 spiro atoms. The third-order valence-electron chi connectivity index (χ3n) is 2.79. The summed E-state index contributed by atoms with van der Waals surface area (Å²) in [6, 6.07) is 10.8. The molecule has 2 heteroatoms. The van der Waals surface area contributed by atoms with Crippen LogP contribution in [0, 0.1) is 0 Å². The van der Waals surface area contributed by atoms with E-state index in [1.165, 1.54) is 26.4 Å². The summed E-state index contributed by atoms with van der Waals surface area (Å²) in [5, 5.41) is 6.17. The lowest BCUT2D eigenvalue weighted by Crippen LogP contribution is -2.18. The molecule has 0 amide bonds. The van der Waals surface area contributed by atoms with E-state index in [4.69, 9.17) is 0 Å². The third-order valence-corrected chi connectivity index (χ3v) is 3.48. The lowest BCUT2D eigenvalue weighted by molar-refractivity contribution is 0.683. The van der Waals surface area contributed by atoms with Crippen molar-refractivity contribution < 1.29 is 0 Å². The van der Waals surface area contributed by atoms with Crippen LogP contribution in [0.2, 0.25) is 0 Å². The van der Waals surface area contributed by atoms with Gasteiger partial charge >= 0.3 is 0 Å².